The van der Waals surface area contributed by atoms with E-state index < -0.39 is 10.0 Å². The van der Waals surface area contributed by atoms with Crippen LogP contribution in [0.2, 0.25) is 0 Å². The molecule has 1 aromatic heterocycles. The van der Waals surface area contributed by atoms with E-state index >= 15 is 0 Å². The summed E-state index contributed by atoms with van der Waals surface area (Å²) in [6, 6.07) is 13.6. The standard InChI is InChI=1S/C21H26N6O2S/c1-16-5-8-19(9-6-16)27-21(22-23-24-27)15-25-10-12-26(13-11-25)30(28,29)20-14-17(2)4-7-18(20)3/h4-9,14H,10-13,15H2,1-3H3. The summed E-state index contributed by atoms with van der Waals surface area (Å²) in [5.41, 5.74) is 3.81. The minimum absolute atomic E-state index is 0.402. The van der Waals surface area contributed by atoms with E-state index in [0.29, 0.717) is 37.6 Å². The SMILES string of the molecule is Cc1ccc(-n2nnnc2CN2CCN(S(=O)(=O)c3cc(C)ccc3C)CC2)cc1. The maximum absolute atomic E-state index is 13.1. The molecular formula is C21H26N6O2S. The fourth-order valence-corrected chi connectivity index (χ4v) is 5.38. The lowest BCUT2D eigenvalue weighted by atomic mass is 10.2. The predicted octanol–water partition coefficient (Wildman–Crippen LogP) is 2.09. The molecule has 8 nitrogen and oxygen atoms in total. The third-order valence-corrected chi connectivity index (χ3v) is 7.51. The highest BCUT2D eigenvalue weighted by atomic mass is 32.2. The molecule has 1 saturated heterocycles. The number of piperazine rings is 1. The lowest BCUT2D eigenvalue weighted by Gasteiger charge is -2.33. The molecule has 0 atom stereocenters. The van der Waals surface area contributed by atoms with Crippen molar-refractivity contribution in [3.8, 4) is 5.69 Å². The van der Waals surface area contributed by atoms with Crippen LogP contribution in [-0.2, 0) is 16.6 Å². The largest absolute Gasteiger partial charge is 0.293 e. The maximum Gasteiger partial charge on any atom is 0.243 e. The van der Waals surface area contributed by atoms with E-state index in [1.54, 1.807) is 15.1 Å². The van der Waals surface area contributed by atoms with Crippen molar-refractivity contribution in [1.82, 2.24) is 29.4 Å². The lowest BCUT2D eigenvalue weighted by molar-refractivity contribution is 0.177. The van der Waals surface area contributed by atoms with Crippen molar-refractivity contribution < 1.29 is 8.42 Å². The van der Waals surface area contributed by atoms with Gasteiger partial charge in [0, 0.05) is 26.2 Å². The molecular weight excluding hydrogens is 400 g/mol. The highest BCUT2D eigenvalue weighted by molar-refractivity contribution is 7.89. The highest BCUT2D eigenvalue weighted by Crippen LogP contribution is 2.23. The van der Waals surface area contributed by atoms with Gasteiger partial charge < -0.3 is 0 Å². The Kier molecular flexibility index (Phi) is 5.68. The zero-order valence-corrected chi connectivity index (χ0v) is 18.3. The molecule has 0 saturated carbocycles. The molecule has 0 spiro atoms. The molecule has 4 rings (SSSR count). The van der Waals surface area contributed by atoms with Gasteiger partial charge in [-0.25, -0.2) is 8.42 Å². The van der Waals surface area contributed by atoms with Crippen molar-refractivity contribution in [3.63, 3.8) is 0 Å². The first-order chi connectivity index (χ1) is 14.3. The van der Waals surface area contributed by atoms with E-state index in [2.05, 4.69) is 20.4 Å². The van der Waals surface area contributed by atoms with Gasteiger partial charge in [0.15, 0.2) is 5.82 Å². The molecule has 0 unspecified atom stereocenters. The second-order valence-electron chi connectivity index (χ2n) is 7.79. The van der Waals surface area contributed by atoms with Gasteiger partial charge in [-0.2, -0.15) is 8.99 Å². The summed E-state index contributed by atoms with van der Waals surface area (Å²) in [7, 11) is -3.49. The summed E-state index contributed by atoms with van der Waals surface area (Å²) >= 11 is 0. The molecule has 3 aromatic rings. The average Bonchev–Trinajstić information content (AvgIpc) is 3.19. The van der Waals surface area contributed by atoms with Crippen LogP contribution in [0.5, 0.6) is 0 Å². The zero-order chi connectivity index (χ0) is 21.3. The number of nitrogens with zero attached hydrogens (tertiary/aromatic N) is 6. The number of rotatable bonds is 5. The first kappa shape index (κ1) is 20.6. The van der Waals surface area contributed by atoms with E-state index in [0.717, 1.165) is 22.6 Å². The summed E-state index contributed by atoms with van der Waals surface area (Å²) < 4.78 is 29.6. The number of aromatic nitrogens is 4. The fourth-order valence-electron chi connectivity index (χ4n) is 3.64. The Labute approximate surface area is 177 Å². The Bertz CT molecular complexity index is 1130. The predicted molar refractivity (Wildman–Crippen MR) is 114 cm³/mol. The highest BCUT2D eigenvalue weighted by Gasteiger charge is 2.30. The summed E-state index contributed by atoms with van der Waals surface area (Å²) in [4.78, 5) is 2.59. The first-order valence-electron chi connectivity index (χ1n) is 9.98. The van der Waals surface area contributed by atoms with Gasteiger partial charge >= 0.3 is 0 Å². The second-order valence-corrected chi connectivity index (χ2v) is 9.70. The Morgan fingerprint density at radius 2 is 1.57 bits per heavy atom. The lowest BCUT2D eigenvalue weighted by Crippen LogP contribution is -2.48. The van der Waals surface area contributed by atoms with Crippen LogP contribution in [0.1, 0.15) is 22.5 Å². The summed E-state index contributed by atoms with van der Waals surface area (Å²) in [6.07, 6.45) is 0. The molecule has 0 amide bonds. The van der Waals surface area contributed by atoms with Gasteiger partial charge in [0.1, 0.15) is 0 Å². The van der Waals surface area contributed by atoms with Crippen LogP contribution in [0, 0.1) is 20.8 Å². The van der Waals surface area contributed by atoms with Crippen molar-refractivity contribution in [2.45, 2.75) is 32.2 Å². The summed E-state index contributed by atoms with van der Waals surface area (Å²) in [6.45, 7) is 8.51. The van der Waals surface area contributed by atoms with E-state index in [1.165, 1.54) is 5.56 Å². The molecule has 1 aliphatic heterocycles. The Hall–Kier alpha value is -2.62. The second kappa shape index (κ2) is 8.25. The van der Waals surface area contributed by atoms with Crippen molar-refractivity contribution >= 4 is 10.0 Å². The molecule has 0 bridgehead atoms. The Balaban J connectivity index is 1.44. The Morgan fingerprint density at radius 1 is 0.900 bits per heavy atom. The van der Waals surface area contributed by atoms with Gasteiger partial charge in [-0.15, -0.1) is 5.10 Å². The number of aryl methyl sites for hydroxylation is 3. The van der Waals surface area contributed by atoms with Gasteiger partial charge in [-0.05, 0) is 60.5 Å². The molecule has 1 fully saturated rings. The van der Waals surface area contributed by atoms with Crippen molar-refractivity contribution in [2.75, 3.05) is 26.2 Å². The molecule has 158 valence electrons. The third kappa shape index (κ3) is 4.14. The number of hydrogen-bond acceptors (Lipinski definition) is 6. The van der Waals surface area contributed by atoms with Gasteiger partial charge in [0.05, 0.1) is 17.1 Å². The first-order valence-corrected chi connectivity index (χ1v) is 11.4. The minimum atomic E-state index is -3.49. The van der Waals surface area contributed by atoms with E-state index in [-0.39, 0.29) is 0 Å². The van der Waals surface area contributed by atoms with Crippen LogP contribution in [-0.4, -0.2) is 64.0 Å². The Morgan fingerprint density at radius 3 is 2.27 bits per heavy atom. The normalized spacial score (nSPS) is 16.1. The molecule has 30 heavy (non-hydrogen) atoms. The summed E-state index contributed by atoms with van der Waals surface area (Å²) in [5.74, 6) is 0.740. The smallest absolute Gasteiger partial charge is 0.243 e. The van der Waals surface area contributed by atoms with Crippen LogP contribution in [0.15, 0.2) is 47.4 Å². The number of benzene rings is 2. The number of sulfonamides is 1. The molecule has 0 N–H and O–H groups in total. The zero-order valence-electron chi connectivity index (χ0n) is 17.5. The molecule has 0 radical (unpaired) electrons. The number of tetrazole rings is 1. The third-order valence-electron chi connectivity index (χ3n) is 5.47. The summed E-state index contributed by atoms with van der Waals surface area (Å²) in [5, 5.41) is 12.1. The van der Waals surface area contributed by atoms with Crippen molar-refractivity contribution in [3.05, 3.63) is 65.0 Å². The molecule has 2 heterocycles. The van der Waals surface area contributed by atoms with E-state index in [1.807, 2.05) is 57.2 Å². The van der Waals surface area contributed by atoms with Crippen LogP contribution < -0.4 is 0 Å². The van der Waals surface area contributed by atoms with Crippen molar-refractivity contribution in [2.24, 2.45) is 0 Å². The molecule has 9 heteroatoms. The monoisotopic (exact) mass is 426 g/mol. The maximum atomic E-state index is 13.1. The average molecular weight is 427 g/mol. The number of hydrogen-bond donors (Lipinski definition) is 0. The van der Waals surface area contributed by atoms with Gasteiger partial charge in [-0.1, -0.05) is 29.8 Å². The molecule has 1 aliphatic rings. The van der Waals surface area contributed by atoms with Crippen LogP contribution in [0.3, 0.4) is 0 Å². The van der Waals surface area contributed by atoms with E-state index in [4.69, 9.17) is 0 Å². The van der Waals surface area contributed by atoms with Gasteiger partial charge in [-0.3, -0.25) is 4.90 Å². The quantitative estimate of drug-likeness (QED) is 0.621. The van der Waals surface area contributed by atoms with Gasteiger partial charge in [0.25, 0.3) is 0 Å². The topological polar surface area (TPSA) is 84.2 Å². The fraction of sp³-hybridized carbons (Fsp3) is 0.381. The molecule has 2 aromatic carbocycles. The minimum Gasteiger partial charge on any atom is -0.293 e. The van der Waals surface area contributed by atoms with Gasteiger partial charge in [0.2, 0.25) is 10.0 Å². The van der Waals surface area contributed by atoms with Crippen molar-refractivity contribution in [1.29, 1.82) is 0 Å². The van der Waals surface area contributed by atoms with E-state index in [9.17, 15) is 8.42 Å². The van der Waals surface area contributed by atoms with Crippen LogP contribution in [0.4, 0.5) is 0 Å². The van der Waals surface area contributed by atoms with Crippen LogP contribution in [0.25, 0.3) is 5.69 Å². The van der Waals surface area contributed by atoms with Crippen LogP contribution >= 0.6 is 0 Å². The molecule has 0 aliphatic carbocycles.